The van der Waals surface area contributed by atoms with Crippen molar-refractivity contribution in [2.24, 2.45) is 5.92 Å². The summed E-state index contributed by atoms with van der Waals surface area (Å²) in [6.45, 7) is 0. The lowest BCUT2D eigenvalue weighted by molar-refractivity contribution is -0.145. The normalized spacial score (nSPS) is 22.3. The fraction of sp³-hybridized carbons (Fsp3) is 0.381. The number of alkyl halides is 6. The van der Waals surface area contributed by atoms with Gasteiger partial charge in [-0.25, -0.2) is 28.2 Å². The Labute approximate surface area is 191 Å². The SMILES string of the molecule is O=c1[nH]nc([C@@H]2[C@H]3CC[C@H](C3)N2c2cc(C(F)(F)F)cc(C(F)(F)F)n2)n1-c1ccc(F)c(F)c1. The van der Waals surface area contributed by atoms with Crippen LogP contribution < -0.4 is 10.6 Å². The number of aromatic amines is 1. The predicted molar refractivity (Wildman–Crippen MR) is 105 cm³/mol. The number of nitrogens with zero attached hydrogens (tertiary/aromatic N) is 4. The minimum atomic E-state index is -5.13. The van der Waals surface area contributed by atoms with Crippen molar-refractivity contribution in [3.63, 3.8) is 0 Å². The second-order valence-corrected chi connectivity index (χ2v) is 8.49. The lowest BCUT2D eigenvalue weighted by Crippen LogP contribution is -2.38. The zero-order valence-corrected chi connectivity index (χ0v) is 17.5. The second-order valence-electron chi connectivity index (χ2n) is 8.49. The van der Waals surface area contributed by atoms with Gasteiger partial charge in [-0.15, -0.1) is 0 Å². The lowest BCUT2D eigenvalue weighted by atomic mass is 9.97. The van der Waals surface area contributed by atoms with Crippen molar-refractivity contribution in [1.29, 1.82) is 0 Å². The summed E-state index contributed by atoms with van der Waals surface area (Å²) in [6.07, 6.45) is -8.71. The summed E-state index contributed by atoms with van der Waals surface area (Å²) in [5.41, 5.74) is -4.16. The number of H-pyrrole nitrogens is 1. The molecular weight excluding hydrogens is 490 g/mol. The number of nitrogens with one attached hydrogen (secondary N) is 1. The highest BCUT2D eigenvalue weighted by Gasteiger charge is 2.50. The third kappa shape index (κ3) is 3.93. The van der Waals surface area contributed by atoms with Gasteiger partial charge >= 0.3 is 18.0 Å². The van der Waals surface area contributed by atoms with Crippen LogP contribution in [0.25, 0.3) is 5.69 Å². The Morgan fingerprint density at radius 3 is 2.34 bits per heavy atom. The minimum Gasteiger partial charge on any atom is -0.343 e. The number of pyridine rings is 1. The first-order valence-electron chi connectivity index (χ1n) is 10.4. The Balaban J connectivity index is 1.67. The molecule has 3 heterocycles. The van der Waals surface area contributed by atoms with E-state index in [1.165, 1.54) is 4.90 Å². The van der Waals surface area contributed by atoms with Gasteiger partial charge in [0, 0.05) is 12.1 Å². The van der Waals surface area contributed by atoms with Crippen molar-refractivity contribution in [3.05, 3.63) is 69.5 Å². The van der Waals surface area contributed by atoms with Crippen LogP contribution in [0.15, 0.2) is 35.1 Å². The Morgan fingerprint density at radius 2 is 1.69 bits per heavy atom. The summed E-state index contributed by atoms with van der Waals surface area (Å²) in [5.74, 6) is -3.30. The molecule has 1 saturated carbocycles. The van der Waals surface area contributed by atoms with Gasteiger partial charge in [-0.1, -0.05) is 0 Å². The van der Waals surface area contributed by atoms with Gasteiger partial charge in [0.25, 0.3) is 0 Å². The summed E-state index contributed by atoms with van der Waals surface area (Å²) in [4.78, 5) is 17.3. The van der Waals surface area contributed by atoms with E-state index in [0.717, 1.165) is 22.8 Å². The number of aromatic nitrogens is 4. The van der Waals surface area contributed by atoms with Crippen LogP contribution in [0.4, 0.5) is 40.9 Å². The Bertz CT molecular complexity index is 1310. The average Bonchev–Trinajstić information content (AvgIpc) is 3.48. The third-order valence-corrected chi connectivity index (χ3v) is 6.40. The smallest absolute Gasteiger partial charge is 0.343 e. The molecule has 1 aliphatic carbocycles. The van der Waals surface area contributed by atoms with Gasteiger partial charge in [0.05, 0.1) is 17.3 Å². The zero-order valence-electron chi connectivity index (χ0n) is 17.5. The third-order valence-electron chi connectivity index (χ3n) is 6.40. The quantitative estimate of drug-likeness (QED) is 0.509. The molecule has 0 spiro atoms. The van der Waals surface area contributed by atoms with E-state index >= 15 is 0 Å². The molecule has 3 aromatic rings. The average molecular weight is 505 g/mol. The first kappa shape index (κ1) is 23.3. The van der Waals surface area contributed by atoms with Crippen LogP contribution in [-0.4, -0.2) is 25.8 Å². The number of anilines is 1. The number of hydrogen-bond donors (Lipinski definition) is 1. The molecule has 2 aromatic heterocycles. The van der Waals surface area contributed by atoms with E-state index in [1.807, 2.05) is 0 Å². The molecule has 0 amide bonds. The molecule has 1 aliphatic heterocycles. The van der Waals surface area contributed by atoms with E-state index < -0.39 is 58.8 Å². The largest absolute Gasteiger partial charge is 0.433 e. The van der Waals surface area contributed by atoms with E-state index in [2.05, 4.69) is 15.2 Å². The highest BCUT2D eigenvalue weighted by Crippen LogP contribution is 2.52. The highest BCUT2D eigenvalue weighted by molar-refractivity contribution is 5.50. The number of rotatable bonds is 3. The first-order chi connectivity index (χ1) is 16.3. The fourth-order valence-electron chi connectivity index (χ4n) is 4.99. The van der Waals surface area contributed by atoms with Crippen LogP contribution in [0.5, 0.6) is 0 Å². The van der Waals surface area contributed by atoms with Crippen molar-refractivity contribution >= 4 is 5.82 Å². The number of benzene rings is 1. The number of fused-ring (bicyclic) bond motifs is 2. The zero-order chi connectivity index (χ0) is 25.3. The predicted octanol–water partition coefficient (Wildman–Crippen LogP) is 5.00. The van der Waals surface area contributed by atoms with Crippen molar-refractivity contribution in [1.82, 2.24) is 19.7 Å². The van der Waals surface area contributed by atoms with Crippen LogP contribution in [-0.2, 0) is 12.4 Å². The second kappa shape index (κ2) is 7.78. The van der Waals surface area contributed by atoms with E-state index in [1.54, 1.807) is 0 Å². The van der Waals surface area contributed by atoms with Crippen LogP contribution in [0.1, 0.15) is 42.4 Å². The van der Waals surface area contributed by atoms with Gasteiger partial charge in [0.2, 0.25) is 0 Å². The molecule has 35 heavy (non-hydrogen) atoms. The fourth-order valence-corrected chi connectivity index (χ4v) is 4.99. The van der Waals surface area contributed by atoms with E-state index in [4.69, 9.17) is 0 Å². The Hall–Kier alpha value is -3.45. The van der Waals surface area contributed by atoms with Crippen molar-refractivity contribution in [3.8, 4) is 5.69 Å². The van der Waals surface area contributed by atoms with E-state index in [9.17, 15) is 39.9 Å². The van der Waals surface area contributed by atoms with E-state index in [0.29, 0.717) is 25.3 Å². The molecule has 5 rings (SSSR count). The molecular formula is C21H15F8N5O. The Morgan fingerprint density at radius 1 is 0.943 bits per heavy atom. The number of piperidine rings is 1. The van der Waals surface area contributed by atoms with Crippen LogP contribution >= 0.6 is 0 Å². The maximum atomic E-state index is 13.9. The molecule has 1 saturated heterocycles. The summed E-state index contributed by atoms with van der Waals surface area (Å²) < 4.78 is 109. The van der Waals surface area contributed by atoms with Crippen LogP contribution in [0.3, 0.4) is 0 Å². The molecule has 14 heteroatoms. The number of halogens is 8. The summed E-state index contributed by atoms with van der Waals surface area (Å²) in [6, 6.07) is 1.74. The topological polar surface area (TPSA) is 66.8 Å². The molecule has 3 atom stereocenters. The summed E-state index contributed by atoms with van der Waals surface area (Å²) in [7, 11) is 0. The molecule has 6 nitrogen and oxygen atoms in total. The minimum absolute atomic E-state index is 0.0546. The molecule has 2 fully saturated rings. The first-order valence-corrected chi connectivity index (χ1v) is 10.4. The van der Waals surface area contributed by atoms with Gasteiger partial charge in [-0.2, -0.15) is 31.4 Å². The lowest BCUT2D eigenvalue weighted by Gasteiger charge is -2.36. The molecule has 2 aliphatic rings. The van der Waals surface area contributed by atoms with Crippen LogP contribution in [0, 0.1) is 17.6 Å². The molecule has 0 radical (unpaired) electrons. The van der Waals surface area contributed by atoms with E-state index in [-0.39, 0.29) is 23.5 Å². The maximum absolute atomic E-state index is 13.9. The number of hydrogen-bond acceptors (Lipinski definition) is 4. The summed E-state index contributed by atoms with van der Waals surface area (Å²) >= 11 is 0. The molecule has 1 aromatic carbocycles. The highest BCUT2D eigenvalue weighted by atomic mass is 19.4. The van der Waals surface area contributed by atoms with Crippen molar-refractivity contribution < 1.29 is 35.1 Å². The molecule has 1 N–H and O–H groups in total. The molecule has 0 unspecified atom stereocenters. The molecule has 186 valence electrons. The maximum Gasteiger partial charge on any atom is 0.433 e. The van der Waals surface area contributed by atoms with Crippen molar-refractivity contribution in [2.75, 3.05) is 4.90 Å². The van der Waals surface area contributed by atoms with Crippen LogP contribution in [0.2, 0.25) is 0 Å². The molecule has 2 bridgehead atoms. The van der Waals surface area contributed by atoms with Gasteiger partial charge in [-0.3, -0.25) is 0 Å². The van der Waals surface area contributed by atoms with Crippen molar-refractivity contribution in [2.45, 2.75) is 43.7 Å². The Kier molecular flexibility index (Phi) is 5.18. The van der Waals surface area contributed by atoms with Gasteiger partial charge in [-0.05, 0) is 49.4 Å². The monoisotopic (exact) mass is 505 g/mol. The van der Waals surface area contributed by atoms with Gasteiger partial charge < -0.3 is 4.90 Å². The van der Waals surface area contributed by atoms with Gasteiger partial charge in [0.1, 0.15) is 11.5 Å². The standard InChI is InChI=1S/C21H15F8N5O/c22-13-4-3-12(8-14(13)23)34-18(31-32-19(34)35)17-9-1-2-11(5-9)33(17)16-7-10(20(24,25)26)6-15(30-16)21(27,28)29/h3-4,6-9,11,17H,1-2,5H2,(H,32,35)/t9-,11+,17-/m0/s1. The summed E-state index contributed by atoms with van der Waals surface area (Å²) in [5, 5.41) is 6.14. The van der Waals surface area contributed by atoms with Gasteiger partial charge in [0.15, 0.2) is 17.5 Å².